The third-order valence-corrected chi connectivity index (χ3v) is 7.98. The molecule has 0 amide bonds. The number of piperazine rings is 1. The summed E-state index contributed by atoms with van der Waals surface area (Å²) >= 11 is 1.80. The fraction of sp³-hybridized carbons (Fsp3) is 0.433. The summed E-state index contributed by atoms with van der Waals surface area (Å²) in [5, 5.41) is 14.3. The first-order valence-corrected chi connectivity index (χ1v) is 14.6. The number of aromatic nitrogens is 1. The van der Waals surface area contributed by atoms with Crippen LogP contribution in [0.2, 0.25) is 0 Å². The Balaban J connectivity index is 1.07. The number of fused-ring (bicyclic) bond motifs is 2. The van der Waals surface area contributed by atoms with E-state index in [1.165, 1.54) is 26.4 Å². The first-order chi connectivity index (χ1) is 19.1. The number of benzene rings is 2. The Bertz CT molecular complexity index is 1410. The molecule has 9 heteroatoms. The van der Waals surface area contributed by atoms with Gasteiger partial charge in [0, 0.05) is 54.1 Å². The summed E-state index contributed by atoms with van der Waals surface area (Å²) in [6.45, 7) is 6.77. The van der Waals surface area contributed by atoms with Crippen molar-refractivity contribution in [1.82, 2.24) is 9.47 Å². The van der Waals surface area contributed by atoms with Crippen molar-refractivity contribution in [2.75, 3.05) is 50.8 Å². The molecule has 208 valence electrons. The van der Waals surface area contributed by atoms with E-state index in [0.717, 1.165) is 57.4 Å². The number of ether oxygens (including phenoxy) is 3. The minimum atomic E-state index is -1.37. The number of thiophene rings is 1. The summed E-state index contributed by atoms with van der Waals surface area (Å²) in [4.78, 5) is 17.5. The third-order valence-electron chi connectivity index (χ3n) is 7.10. The number of hydrogen-bond acceptors (Lipinski definition) is 8. The van der Waals surface area contributed by atoms with Crippen molar-refractivity contribution in [2.45, 2.75) is 39.4 Å². The van der Waals surface area contributed by atoms with Gasteiger partial charge in [-0.3, -0.25) is 14.3 Å². The Morgan fingerprint density at radius 3 is 2.67 bits per heavy atom. The van der Waals surface area contributed by atoms with E-state index in [9.17, 15) is 9.90 Å². The molecule has 0 spiro atoms. The lowest BCUT2D eigenvalue weighted by Crippen LogP contribution is -2.46. The zero-order valence-electron chi connectivity index (χ0n) is 22.5. The quantitative estimate of drug-likeness (QED) is 0.188. The number of pyridine rings is 1. The number of unbranched alkanes of at least 4 members (excludes halogenated alkanes) is 1. The summed E-state index contributed by atoms with van der Waals surface area (Å²) in [5.74, 6) is 0.709. The average molecular weight is 552 g/mol. The van der Waals surface area contributed by atoms with Crippen molar-refractivity contribution in [1.29, 1.82) is 0 Å². The predicted octanol–water partition coefficient (Wildman–Crippen LogP) is 4.87. The molecule has 39 heavy (non-hydrogen) atoms. The summed E-state index contributed by atoms with van der Waals surface area (Å²) in [6, 6.07) is 17.8. The molecule has 0 saturated carbocycles. The van der Waals surface area contributed by atoms with Gasteiger partial charge in [0.25, 0.3) is 12.0 Å². The van der Waals surface area contributed by atoms with Crippen LogP contribution in [0.4, 0.5) is 5.69 Å². The number of nitrogens with zero attached hydrogens (tertiary/aromatic N) is 3. The van der Waals surface area contributed by atoms with Crippen molar-refractivity contribution in [2.24, 2.45) is 0 Å². The van der Waals surface area contributed by atoms with Gasteiger partial charge in [0.2, 0.25) is 0 Å². The van der Waals surface area contributed by atoms with Gasteiger partial charge < -0.3 is 24.2 Å². The van der Waals surface area contributed by atoms with Crippen LogP contribution in [0.3, 0.4) is 0 Å². The Kier molecular flexibility index (Phi) is 9.49. The van der Waals surface area contributed by atoms with Crippen molar-refractivity contribution in [3.63, 3.8) is 0 Å². The van der Waals surface area contributed by atoms with Crippen LogP contribution < -0.4 is 15.2 Å². The third kappa shape index (κ3) is 6.98. The first-order valence-electron chi connectivity index (χ1n) is 13.7. The van der Waals surface area contributed by atoms with Gasteiger partial charge >= 0.3 is 0 Å². The maximum atomic E-state index is 12.5. The van der Waals surface area contributed by atoms with Crippen LogP contribution in [0.15, 0.2) is 64.8 Å². The lowest BCUT2D eigenvalue weighted by Gasteiger charge is -2.36. The van der Waals surface area contributed by atoms with Crippen LogP contribution >= 0.6 is 11.3 Å². The van der Waals surface area contributed by atoms with Gasteiger partial charge in [-0.1, -0.05) is 13.0 Å². The second-order valence-electron chi connectivity index (χ2n) is 9.79. The van der Waals surface area contributed by atoms with E-state index in [2.05, 4.69) is 39.4 Å². The second-order valence-corrected chi connectivity index (χ2v) is 10.7. The lowest BCUT2D eigenvalue weighted by molar-refractivity contribution is -0.276. The molecule has 1 saturated heterocycles. The summed E-state index contributed by atoms with van der Waals surface area (Å²) in [6.07, 6.45) is 2.79. The van der Waals surface area contributed by atoms with E-state index in [4.69, 9.17) is 14.2 Å². The van der Waals surface area contributed by atoms with Crippen LogP contribution in [0.1, 0.15) is 26.2 Å². The Labute approximate surface area is 232 Å². The molecule has 1 atom stereocenters. The molecule has 2 aromatic heterocycles. The second kappa shape index (κ2) is 13.4. The molecule has 1 unspecified atom stereocenters. The monoisotopic (exact) mass is 551 g/mol. The molecular formula is C30H37N3O5S. The number of hydrogen-bond donors (Lipinski definition) is 1. The van der Waals surface area contributed by atoms with Crippen LogP contribution in [-0.4, -0.2) is 67.0 Å². The number of aliphatic hydroxyl groups excluding tert-OH is 1. The molecule has 8 nitrogen and oxygen atoms in total. The molecule has 1 aliphatic rings. The van der Waals surface area contributed by atoms with E-state index in [0.29, 0.717) is 24.5 Å². The highest BCUT2D eigenvalue weighted by Crippen LogP contribution is 2.31. The largest absolute Gasteiger partial charge is 0.494 e. The molecule has 5 rings (SSSR count). The normalized spacial score (nSPS) is 15.3. The first kappa shape index (κ1) is 27.6. The fourth-order valence-electron chi connectivity index (χ4n) is 4.99. The highest BCUT2D eigenvalue weighted by atomic mass is 32.1. The fourth-order valence-corrected chi connectivity index (χ4v) is 5.80. The van der Waals surface area contributed by atoms with Crippen LogP contribution in [-0.2, 0) is 16.2 Å². The summed E-state index contributed by atoms with van der Waals surface area (Å²) in [7, 11) is 0. The molecule has 1 fully saturated rings. The lowest BCUT2D eigenvalue weighted by atomic mass is 10.2. The Morgan fingerprint density at radius 2 is 1.82 bits per heavy atom. The number of aliphatic hydroxyl groups is 1. The van der Waals surface area contributed by atoms with Gasteiger partial charge in [-0.2, -0.15) is 0 Å². The van der Waals surface area contributed by atoms with Gasteiger partial charge in [-0.25, -0.2) is 0 Å². The zero-order valence-corrected chi connectivity index (χ0v) is 23.3. The molecule has 1 aliphatic heterocycles. The smallest absolute Gasteiger partial charge is 0.270 e. The van der Waals surface area contributed by atoms with E-state index in [1.54, 1.807) is 17.4 Å². The van der Waals surface area contributed by atoms with Crippen molar-refractivity contribution in [3.8, 4) is 5.75 Å². The predicted molar refractivity (Wildman–Crippen MR) is 157 cm³/mol. The molecule has 4 aromatic rings. The average Bonchev–Trinajstić information content (AvgIpc) is 3.45. The van der Waals surface area contributed by atoms with Crippen LogP contribution in [0.5, 0.6) is 5.75 Å². The molecular weight excluding hydrogens is 514 g/mol. The van der Waals surface area contributed by atoms with Crippen molar-refractivity contribution in [3.05, 3.63) is 70.3 Å². The van der Waals surface area contributed by atoms with Gasteiger partial charge in [0.15, 0.2) is 0 Å². The maximum absolute atomic E-state index is 12.5. The van der Waals surface area contributed by atoms with Gasteiger partial charge in [-0.05, 0) is 73.0 Å². The molecule has 2 aromatic carbocycles. The number of rotatable bonds is 13. The molecule has 0 radical (unpaired) electrons. The minimum Gasteiger partial charge on any atom is -0.494 e. The molecule has 3 heterocycles. The highest BCUT2D eigenvalue weighted by molar-refractivity contribution is 7.17. The Morgan fingerprint density at radius 1 is 0.974 bits per heavy atom. The standard InChI is InChI=1S/C30H37N3O5S/c1-2-18-37-30(35)38-22-33-27-21-24(10-8-23(27)9-11-29(33)34)36-19-4-3-13-31-14-16-32(17-15-31)26-6-5-7-28-25(26)12-20-39-28/h5-12,20-21,30,35H,2-4,13-19,22H2,1H3. The van der Waals surface area contributed by atoms with E-state index in [-0.39, 0.29) is 12.3 Å². The van der Waals surface area contributed by atoms with Gasteiger partial charge in [0.05, 0.1) is 18.7 Å². The van der Waals surface area contributed by atoms with Crippen molar-refractivity contribution >= 4 is 38.0 Å². The van der Waals surface area contributed by atoms with E-state index < -0.39 is 6.48 Å². The van der Waals surface area contributed by atoms with Crippen LogP contribution in [0, 0.1) is 0 Å². The van der Waals surface area contributed by atoms with E-state index in [1.807, 2.05) is 25.1 Å². The molecule has 1 N–H and O–H groups in total. The summed E-state index contributed by atoms with van der Waals surface area (Å²) < 4.78 is 19.3. The van der Waals surface area contributed by atoms with Crippen LogP contribution in [0.25, 0.3) is 21.0 Å². The number of anilines is 1. The molecule has 0 aliphatic carbocycles. The SMILES string of the molecule is CCCOC(O)OCn1c(=O)ccc2ccc(OCCCCN3CCN(c4cccc5sccc45)CC3)cc21. The molecule has 0 bridgehead atoms. The van der Waals surface area contributed by atoms with Crippen molar-refractivity contribution < 1.29 is 19.3 Å². The highest BCUT2D eigenvalue weighted by Gasteiger charge is 2.18. The maximum Gasteiger partial charge on any atom is 0.270 e. The zero-order chi connectivity index (χ0) is 27.0. The summed E-state index contributed by atoms with van der Waals surface area (Å²) in [5.41, 5.74) is 1.84. The topological polar surface area (TPSA) is 76.4 Å². The van der Waals surface area contributed by atoms with E-state index >= 15 is 0 Å². The van der Waals surface area contributed by atoms with Gasteiger partial charge in [-0.15, -0.1) is 11.3 Å². The minimum absolute atomic E-state index is 0.111. The van der Waals surface area contributed by atoms with Gasteiger partial charge in [0.1, 0.15) is 12.5 Å². The Hall–Kier alpha value is -2.95.